The zero-order valence-electron chi connectivity index (χ0n) is 16.3. The molecule has 0 aliphatic heterocycles. The van der Waals surface area contributed by atoms with E-state index in [4.69, 9.17) is 25.3 Å². The van der Waals surface area contributed by atoms with Gasteiger partial charge in [-0.15, -0.1) is 0 Å². The van der Waals surface area contributed by atoms with Crippen molar-refractivity contribution < 1.29 is 26.9 Å². The van der Waals surface area contributed by atoms with Crippen molar-refractivity contribution in [3.8, 4) is 11.5 Å². The zero-order valence-corrected chi connectivity index (χ0v) is 17.9. The van der Waals surface area contributed by atoms with E-state index in [0.29, 0.717) is 5.56 Å². The first-order valence-corrected chi connectivity index (χ1v) is 10.7. The van der Waals surface area contributed by atoms with Gasteiger partial charge in [0.1, 0.15) is 23.0 Å². The number of hydrogen-bond donors (Lipinski definition) is 0. The number of esters is 1. The van der Waals surface area contributed by atoms with Crippen LogP contribution in [0.15, 0.2) is 71.6 Å². The van der Waals surface area contributed by atoms with Crippen molar-refractivity contribution in [2.45, 2.75) is 18.4 Å². The molecule has 0 fully saturated rings. The molecule has 0 radical (unpaired) electrons. The summed E-state index contributed by atoms with van der Waals surface area (Å²) in [6, 6.07) is 17.7. The van der Waals surface area contributed by atoms with Crippen LogP contribution in [0.5, 0.6) is 11.5 Å². The lowest BCUT2D eigenvalue weighted by Crippen LogP contribution is -2.12. The molecule has 0 bridgehead atoms. The highest BCUT2D eigenvalue weighted by molar-refractivity contribution is 7.87. The van der Waals surface area contributed by atoms with Crippen LogP contribution in [0.4, 0.5) is 0 Å². The van der Waals surface area contributed by atoms with Crippen LogP contribution in [0.2, 0.25) is 5.02 Å². The van der Waals surface area contributed by atoms with Crippen LogP contribution < -0.4 is 8.92 Å². The molecule has 0 atom stereocenters. The largest absolute Gasteiger partial charge is 0.495 e. The second-order valence-electron chi connectivity index (χ2n) is 6.38. The first-order valence-electron chi connectivity index (χ1n) is 8.90. The van der Waals surface area contributed by atoms with Gasteiger partial charge >= 0.3 is 16.1 Å². The molecular formula is C22H19ClO6S. The number of ether oxygens (including phenoxy) is 2. The number of rotatable bonds is 7. The Kier molecular flexibility index (Phi) is 6.64. The maximum atomic E-state index is 12.7. The monoisotopic (exact) mass is 446 g/mol. The highest BCUT2D eigenvalue weighted by Crippen LogP contribution is 2.32. The van der Waals surface area contributed by atoms with Gasteiger partial charge in [-0.25, -0.2) is 4.79 Å². The average molecular weight is 447 g/mol. The summed E-state index contributed by atoms with van der Waals surface area (Å²) in [6.07, 6.45) is 0. The van der Waals surface area contributed by atoms with E-state index >= 15 is 0 Å². The van der Waals surface area contributed by atoms with E-state index in [1.807, 2.05) is 30.3 Å². The van der Waals surface area contributed by atoms with Gasteiger partial charge in [-0.2, -0.15) is 8.42 Å². The van der Waals surface area contributed by atoms with E-state index in [1.54, 1.807) is 6.92 Å². The molecule has 8 heteroatoms. The van der Waals surface area contributed by atoms with Crippen molar-refractivity contribution >= 4 is 27.7 Å². The molecule has 3 aromatic rings. The molecule has 3 rings (SSSR count). The molecule has 0 unspecified atom stereocenters. The predicted octanol–water partition coefficient (Wildman–Crippen LogP) is 4.78. The van der Waals surface area contributed by atoms with Gasteiger partial charge in [0.25, 0.3) is 0 Å². The van der Waals surface area contributed by atoms with Crippen LogP contribution >= 0.6 is 11.6 Å². The number of methoxy groups -OCH3 is 1. The van der Waals surface area contributed by atoms with E-state index in [1.165, 1.54) is 43.5 Å². The maximum absolute atomic E-state index is 12.7. The Balaban J connectivity index is 1.72. The zero-order chi connectivity index (χ0) is 21.7. The quantitative estimate of drug-likeness (QED) is 0.384. The summed E-state index contributed by atoms with van der Waals surface area (Å²) in [5.41, 5.74) is 1.81. The van der Waals surface area contributed by atoms with Gasteiger partial charge in [-0.05, 0) is 54.4 Å². The summed E-state index contributed by atoms with van der Waals surface area (Å²) >= 11 is 6.05. The summed E-state index contributed by atoms with van der Waals surface area (Å²) in [4.78, 5) is 12.0. The van der Waals surface area contributed by atoms with E-state index in [0.717, 1.165) is 5.56 Å². The number of hydrogen-bond acceptors (Lipinski definition) is 6. The van der Waals surface area contributed by atoms with E-state index in [2.05, 4.69) is 0 Å². The molecule has 6 nitrogen and oxygen atoms in total. The van der Waals surface area contributed by atoms with Gasteiger partial charge in [0.2, 0.25) is 0 Å². The number of aryl methyl sites for hydroxylation is 1. The van der Waals surface area contributed by atoms with Gasteiger partial charge in [-0.1, -0.05) is 41.9 Å². The Labute approximate surface area is 180 Å². The summed E-state index contributed by atoms with van der Waals surface area (Å²) in [5, 5.41) is 0.273. The second-order valence-corrected chi connectivity index (χ2v) is 8.30. The van der Waals surface area contributed by atoms with Crippen molar-refractivity contribution in [1.82, 2.24) is 0 Å². The SMILES string of the molecule is COc1cc(C)c(Cl)cc1S(=O)(=O)Oc1ccc(C(=O)OCc2ccccc2)cc1. The normalized spacial score (nSPS) is 11.0. The Morgan fingerprint density at radius 3 is 2.30 bits per heavy atom. The van der Waals surface area contributed by atoms with Crippen LogP contribution in [0.3, 0.4) is 0 Å². The van der Waals surface area contributed by atoms with Crippen LogP contribution in [0, 0.1) is 6.92 Å². The third-order valence-electron chi connectivity index (χ3n) is 4.22. The van der Waals surface area contributed by atoms with Gasteiger partial charge in [0.15, 0.2) is 0 Å². The average Bonchev–Trinajstić information content (AvgIpc) is 2.74. The lowest BCUT2D eigenvalue weighted by Gasteiger charge is -2.12. The van der Waals surface area contributed by atoms with Crippen molar-refractivity contribution in [3.05, 3.63) is 88.4 Å². The van der Waals surface area contributed by atoms with E-state index in [-0.39, 0.29) is 33.6 Å². The van der Waals surface area contributed by atoms with Gasteiger partial charge in [0, 0.05) is 5.02 Å². The van der Waals surface area contributed by atoms with Crippen LogP contribution in [-0.4, -0.2) is 21.5 Å². The van der Waals surface area contributed by atoms with Gasteiger partial charge < -0.3 is 13.7 Å². The summed E-state index contributed by atoms with van der Waals surface area (Å²) in [6.45, 7) is 1.87. The molecule has 0 amide bonds. The minimum atomic E-state index is -4.20. The van der Waals surface area contributed by atoms with Gasteiger partial charge in [0.05, 0.1) is 12.7 Å². The number of benzene rings is 3. The Morgan fingerprint density at radius 1 is 1.00 bits per heavy atom. The number of halogens is 1. The Bertz CT molecular complexity index is 1140. The van der Waals surface area contributed by atoms with Crippen molar-refractivity contribution in [2.75, 3.05) is 7.11 Å². The fourth-order valence-electron chi connectivity index (χ4n) is 2.62. The molecule has 30 heavy (non-hydrogen) atoms. The fraction of sp³-hybridized carbons (Fsp3) is 0.136. The van der Waals surface area contributed by atoms with Crippen molar-refractivity contribution in [1.29, 1.82) is 0 Å². The third kappa shape index (κ3) is 5.11. The highest BCUT2D eigenvalue weighted by Gasteiger charge is 2.23. The highest BCUT2D eigenvalue weighted by atomic mass is 35.5. The van der Waals surface area contributed by atoms with E-state index < -0.39 is 16.1 Å². The van der Waals surface area contributed by atoms with Crippen molar-refractivity contribution in [2.24, 2.45) is 0 Å². The molecule has 0 heterocycles. The first kappa shape index (κ1) is 21.7. The molecule has 0 spiro atoms. The molecule has 0 aromatic heterocycles. The molecule has 0 aliphatic rings. The standard InChI is InChI=1S/C22H19ClO6S/c1-15-12-20(27-2)21(13-19(15)23)30(25,26)29-18-10-8-17(9-11-18)22(24)28-14-16-6-4-3-5-7-16/h3-13H,14H2,1-2H3. The Hall–Kier alpha value is -3.03. The van der Waals surface area contributed by atoms with Crippen molar-refractivity contribution in [3.63, 3.8) is 0 Å². The molecule has 0 N–H and O–H groups in total. The lowest BCUT2D eigenvalue weighted by molar-refractivity contribution is 0.0472. The topological polar surface area (TPSA) is 78.9 Å². The van der Waals surface area contributed by atoms with Crippen LogP contribution in [0.1, 0.15) is 21.5 Å². The lowest BCUT2D eigenvalue weighted by atomic mass is 10.2. The molecular weight excluding hydrogens is 428 g/mol. The molecule has 3 aromatic carbocycles. The fourth-order valence-corrected chi connectivity index (χ4v) is 3.95. The summed E-state index contributed by atoms with van der Waals surface area (Å²) in [7, 11) is -2.84. The Morgan fingerprint density at radius 2 is 1.67 bits per heavy atom. The summed E-state index contributed by atoms with van der Waals surface area (Å²) < 4.78 is 40.9. The number of carbonyl (C=O) groups excluding carboxylic acids is 1. The molecule has 0 aliphatic carbocycles. The van der Waals surface area contributed by atoms with Gasteiger partial charge in [-0.3, -0.25) is 0 Å². The summed E-state index contributed by atoms with van der Waals surface area (Å²) in [5.74, 6) is -0.369. The second kappa shape index (κ2) is 9.19. The minimum absolute atomic E-state index is 0.0355. The predicted molar refractivity (Wildman–Crippen MR) is 113 cm³/mol. The maximum Gasteiger partial charge on any atom is 0.342 e. The molecule has 0 saturated carbocycles. The minimum Gasteiger partial charge on any atom is -0.495 e. The third-order valence-corrected chi connectivity index (χ3v) is 5.90. The van der Waals surface area contributed by atoms with Crippen LogP contribution in [-0.2, 0) is 21.5 Å². The van der Waals surface area contributed by atoms with E-state index in [9.17, 15) is 13.2 Å². The smallest absolute Gasteiger partial charge is 0.342 e. The molecule has 0 saturated heterocycles. The first-order chi connectivity index (χ1) is 14.3. The van der Waals surface area contributed by atoms with Crippen LogP contribution in [0.25, 0.3) is 0 Å². The molecule has 156 valence electrons. The number of carbonyl (C=O) groups is 1.